The van der Waals surface area contributed by atoms with E-state index in [2.05, 4.69) is 6.08 Å². The second-order valence-electron chi connectivity index (χ2n) is 5.35. The van der Waals surface area contributed by atoms with Crippen LogP contribution >= 0.6 is 0 Å². The molecule has 2 aliphatic rings. The first-order valence-electron chi connectivity index (χ1n) is 6.94. The van der Waals surface area contributed by atoms with Gasteiger partial charge in [0, 0.05) is 12.8 Å². The summed E-state index contributed by atoms with van der Waals surface area (Å²) in [7, 11) is 0. The molecule has 0 unspecified atom stereocenters. The van der Waals surface area contributed by atoms with Crippen molar-refractivity contribution in [3.8, 4) is 0 Å². The van der Waals surface area contributed by atoms with E-state index in [0.717, 1.165) is 12.8 Å². The third-order valence-corrected chi connectivity index (χ3v) is 3.63. The number of hydrogen-bond acceptors (Lipinski definition) is 5. The number of nitrogens with zero attached hydrogens (tertiary/aromatic N) is 1. The van der Waals surface area contributed by atoms with E-state index in [4.69, 9.17) is 4.84 Å². The summed E-state index contributed by atoms with van der Waals surface area (Å²) in [6.07, 6.45) is 7.35. The predicted molar refractivity (Wildman–Crippen MR) is 69.0 cm³/mol. The van der Waals surface area contributed by atoms with Gasteiger partial charge >= 0.3 is 5.97 Å². The fourth-order valence-electron chi connectivity index (χ4n) is 2.50. The van der Waals surface area contributed by atoms with Crippen LogP contribution < -0.4 is 0 Å². The number of aliphatic hydroxyl groups is 1. The van der Waals surface area contributed by atoms with Crippen molar-refractivity contribution >= 4 is 17.8 Å². The number of rotatable bonds is 3. The van der Waals surface area contributed by atoms with Gasteiger partial charge in [-0.3, -0.25) is 9.59 Å². The maximum atomic E-state index is 11.8. The van der Waals surface area contributed by atoms with Gasteiger partial charge in [0.1, 0.15) is 0 Å². The smallest absolute Gasteiger partial charge is 0.336 e. The van der Waals surface area contributed by atoms with E-state index >= 15 is 0 Å². The van der Waals surface area contributed by atoms with E-state index in [9.17, 15) is 19.5 Å². The molecule has 0 aromatic carbocycles. The average Bonchev–Trinajstić information content (AvgIpc) is 2.66. The Morgan fingerprint density at radius 1 is 1.20 bits per heavy atom. The first-order valence-corrected chi connectivity index (χ1v) is 6.94. The number of allylic oxidation sites excluding steroid dienone is 2. The Hall–Kier alpha value is -1.69. The maximum absolute atomic E-state index is 11.8. The van der Waals surface area contributed by atoms with Crippen molar-refractivity contribution < 1.29 is 24.3 Å². The molecule has 0 aromatic heterocycles. The Morgan fingerprint density at radius 2 is 1.85 bits per heavy atom. The van der Waals surface area contributed by atoms with E-state index in [-0.39, 0.29) is 19.3 Å². The van der Waals surface area contributed by atoms with Gasteiger partial charge in [-0.15, -0.1) is 5.06 Å². The van der Waals surface area contributed by atoms with Crippen LogP contribution in [0.3, 0.4) is 0 Å². The van der Waals surface area contributed by atoms with E-state index in [1.165, 1.54) is 0 Å². The molecule has 1 N–H and O–H groups in total. The molecular weight excluding hydrogens is 262 g/mol. The van der Waals surface area contributed by atoms with Gasteiger partial charge < -0.3 is 9.94 Å². The molecule has 0 radical (unpaired) electrons. The molecule has 1 saturated heterocycles. The minimum absolute atomic E-state index is 0.0706. The van der Waals surface area contributed by atoms with Crippen molar-refractivity contribution in [2.24, 2.45) is 0 Å². The number of carbonyl (C=O) groups is 3. The molecular formula is C14H19NO5. The molecule has 1 aliphatic carbocycles. The van der Waals surface area contributed by atoms with Crippen molar-refractivity contribution in [1.29, 1.82) is 0 Å². The Balaban J connectivity index is 1.91. The molecule has 1 fully saturated rings. The standard InChI is InChI=1S/C14H19NO5/c16-11-6-7-12(17)15(11)20-13(18)10-14(19)8-4-2-1-3-5-9-14/h1-2,19H,3-10H2/b2-1+/t14-/m0/s1. The Kier molecular flexibility index (Phi) is 4.54. The summed E-state index contributed by atoms with van der Waals surface area (Å²) < 4.78 is 0. The molecule has 6 nitrogen and oxygen atoms in total. The number of hydroxylamine groups is 2. The molecule has 0 bridgehead atoms. The molecule has 1 aliphatic heterocycles. The highest BCUT2D eigenvalue weighted by atomic mass is 16.7. The lowest BCUT2D eigenvalue weighted by Crippen LogP contribution is -2.37. The van der Waals surface area contributed by atoms with E-state index in [0.29, 0.717) is 24.3 Å². The number of imide groups is 1. The van der Waals surface area contributed by atoms with Crippen molar-refractivity contribution in [3.63, 3.8) is 0 Å². The molecule has 0 aromatic rings. The first kappa shape index (κ1) is 14.7. The Bertz CT molecular complexity index is 429. The molecule has 1 heterocycles. The lowest BCUT2D eigenvalue weighted by Gasteiger charge is -2.28. The molecule has 110 valence electrons. The summed E-state index contributed by atoms with van der Waals surface area (Å²) in [5.74, 6) is -1.74. The SMILES string of the molecule is O=C(C[C@]1(O)CC/C=C/CCC1)ON1C(=O)CCC1=O. The highest BCUT2D eigenvalue weighted by Gasteiger charge is 2.36. The van der Waals surface area contributed by atoms with E-state index in [1.54, 1.807) is 0 Å². The lowest BCUT2D eigenvalue weighted by atomic mass is 9.86. The van der Waals surface area contributed by atoms with Crippen LogP contribution in [0.15, 0.2) is 12.2 Å². The summed E-state index contributed by atoms with van der Waals surface area (Å²) in [5.41, 5.74) is -1.12. The second kappa shape index (κ2) is 6.17. The summed E-state index contributed by atoms with van der Waals surface area (Å²) in [6.45, 7) is 0. The number of amides is 2. The fourth-order valence-corrected chi connectivity index (χ4v) is 2.50. The summed E-state index contributed by atoms with van der Waals surface area (Å²) in [4.78, 5) is 39.3. The van der Waals surface area contributed by atoms with Gasteiger partial charge in [-0.1, -0.05) is 12.2 Å². The van der Waals surface area contributed by atoms with Crippen LogP contribution in [-0.4, -0.2) is 33.6 Å². The molecule has 20 heavy (non-hydrogen) atoms. The van der Waals surface area contributed by atoms with Gasteiger partial charge in [-0.2, -0.15) is 0 Å². The van der Waals surface area contributed by atoms with Gasteiger partial charge in [0.05, 0.1) is 12.0 Å². The summed E-state index contributed by atoms with van der Waals surface area (Å²) in [5, 5.41) is 11.0. The normalized spacial score (nSPS) is 28.9. The van der Waals surface area contributed by atoms with Crippen LogP contribution in [0, 0.1) is 0 Å². The zero-order chi connectivity index (χ0) is 14.6. The highest BCUT2D eigenvalue weighted by molar-refractivity contribution is 6.01. The highest BCUT2D eigenvalue weighted by Crippen LogP contribution is 2.27. The average molecular weight is 281 g/mol. The molecule has 2 rings (SSSR count). The largest absolute Gasteiger partial charge is 0.389 e. The zero-order valence-electron chi connectivity index (χ0n) is 11.3. The Labute approximate surface area is 117 Å². The monoisotopic (exact) mass is 281 g/mol. The van der Waals surface area contributed by atoms with E-state index in [1.807, 2.05) is 6.08 Å². The number of hydrogen-bond donors (Lipinski definition) is 1. The first-order chi connectivity index (χ1) is 9.50. The molecule has 0 spiro atoms. The predicted octanol–water partition coefficient (Wildman–Crippen LogP) is 1.24. The van der Waals surface area contributed by atoms with Crippen LogP contribution in [0.5, 0.6) is 0 Å². The van der Waals surface area contributed by atoms with Crippen LogP contribution in [-0.2, 0) is 19.2 Å². The quantitative estimate of drug-likeness (QED) is 0.621. The summed E-state index contributed by atoms with van der Waals surface area (Å²) >= 11 is 0. The van der Waals surface area contributed by atoms with Crippen LogP contribution in [0.1, 0.15) is 51.4 Å². The molecule has 1 atom stereocenters. The third kappa shape index (κ3) is 3.66. The van der Waals surface area contributed by atoms with Gasteiger partial charge in [0.25, 0.3) is 11.8 Å². The van der Waals surface area contributed by atoms with E-state index < -0.39 is 23.4 Å². The van der Waals surface area contributed by atoms with Crippen molar-refractivity contribution in [2.45, 2.75) is 57.0 Å². The second-order valence-corrected chi connectivity index (χ2v) is 5.35. The number of carbonyl (C=O) groups excluding carboxylic acids is 3. The van der Waals surface area contributed by atoms with Crippen molar-refractivity contribution in [1.82, 2.24) is 5.06 Å². The third-order valence-electron chi connectivity index (χ3n) is 3.63. The molecule has 6 heteroatoms. The summed E-state index contributed by atoms with van der Waals surface area (Å²) in [6, 6.07) is 0. The van der Waals surface area contributed by atoms with Gasteiger partial charge in [-0.25, -0.2) is 4.79 Å². The van der Waals surface area contributed by atoms with Crippen LogP contribution in [0.2, 0.25) is 0 Å². The van der Waals surface area contributed by atoms with Crippen molar-refractivity contribution in [3.05, 3.63) is 12.2 Å². The fraction of sp³-hybridized carbons (Fsp3) is 0.643. The minimum Gasteiger partial charge on any atom is -0.389 e. The van der Waals surface area contributed by atoms with Crippen molar-refractivity contribution in [2.75, 3.05) is 0 Å². The van der Waals surface area contributed by atoms with Crippen LogP contribution in [0.4, 0.5) is 0 Å². The zero-order valence-corrected chi connectivity index (χ0v) is 11.3. The van der Waals surface area contributed by atoms with Gasteiger partial charge in [0.2, 0.25) is 0 Å². The minimum atomic E-state index is -1.12. The van der Waals surface area contributed by atoms with Crippen LogP contribution in [0.25, 0.3) is 0 Å². The molecule has 0 saturated carbocycles. The Morgan fingerprint density at radius 3 is 2.55 bits per heavy atom. The van der Waals surface area contributed by atoms with Gasteiger partial charge in [0.15, 0.2) is 0 Å². The van der Waals surface area contributed by atoms with Gasteiger partial charge in [-0.05, 0) is 32.1 Å². The molecule has 2 amide bonds. The topological polar surface area (TPSA) is 83.9 Å². The maximum Gasteiger partial charge on any atom is 0.336 e. The lowest BCUT2D eigenvalue weighted by molar-refractivity contribution is -0.200.